The molecule has 2 atom stereocenters. The number of benzene rings is 1. The molecule has 0 amide bonds. The highest BCUT2D eigenvalue weighted by Gasteiger charge is 2.26. The maximum absolute atomic E-state index is 6.21. The number of ether oxygens (including phenoxy) is 1. The van der Waals surface area contributed by atoms with Crippen LogP contribution in [0, 0.1) is 5.92 Å². The molecule has 0 saturated carbocycles. The summed E-state index contributed by atoms with van der Waals surface area (Å²) in [4.78, 5) is 3.09. The van der Waals surface area contributed by atoms with E-state index < -0.39 is 0 Å². The largest absolute Gasteiger partial charge is 0.493 e. The molecule has 2 nitrogen and oxygen atoms in total. The lowest BCUT2D eigenvalue weighted by atomic mass is 9.98. The van der Waals surface area contributed by atoms with Gasteiger partial charge in [-0.25, -0.2) is 0 Å². The number of likely N-dealkylation sites (tertiary alicyclic amines) is 1. The first-order valence-corrected chi connectivity index (χ1v) is 8.23. The number of hydrogen-bond donors (Lipinski definition) is 0. The van der Waals surface area contributed by atoms with Crippen molar-refractivity contribution >= 4 is 27.5 Å². The molecule has 1 fully saturated rings. The van der Waals surface area contributed by atoms with Crippen LogP contribution < -0.4 is 4.74 Å². The molecule has 0 bridgehead atoms. The van der Waals surface area contributed by atoms with E-state index in [2.05, 4.69) is 33.8 Å². The van der Waals surface area contributed by atoms with Gasteiger partial charge in [0.25, 0.3) is 0 Å². The van der Waals surface area contributed by atoms with Crippen molar-refractivity contribution < 1.29 is 4.74 Å². The van der Waals surface area contributed by atoms with Gasteiger partial charge in [0.1, 0.15) is 5.75 Å². The van der Waals surface area contributed by atoms with Crippen LogP contribution in [-0.2, 0) is 13.0 Å². The second-order valence-corrected chi connectivity index (χ2v) is 7.28. The Morgan fingerprint density at radius 1 is 1.47 bits per heavy atom. The Bertz CT molecular complexity index is 479. The summed E-state index contributed by atoms with van der Waals surface area (Å²) in [5, 5.41) is 0.833. The van der Waals surface area contributed by atoms with Crippen molar-refractivity contribution in [3.05, 3.63) is 28.3 Å². The van der Waals surface area contributed by atoms with E-state index in [1.54, 1.807) is 0 Å². The van der Waals surface area contributed by atoms with E-state index >= 15 is 0 Å². The van der Waals surface area contributed by atoms with Gasteiger partial charge in [-0.15, -0.1) is 0 Å². The molecule has 0 N–H and O–H groups in total. The van der Waals surface area contributed by atoms with E-state index in [0.29, 0.717) is 4.83 Å². The van der Waals surface area contributed by atoms with Crippen molar-refractivity contribution in [3.63, 3.8) is 0 Å². The number of piperidine rings is 1. The zero-order chi connectivity index (χ0) is 13.4. The molecule has 0 radical (unpaired) electrons. The standard InChI is InChI=1S/C15H19BrClNO/c1-10-2-4-18(9-14(10)16)8-12-7-13(17)6-11-3-5-19-15(11)12/h6-7,10,14H,2-5,8-9H2,1H3. The van der Waals surface area contributed by atoms with Crippen molar-refractivity contribution in [2.24, 2.45) is 5.92 Å². The summed E-state index contributed by atoms with van der Waals surface area (Å²) >= 11 is 10.0. The third kappa shape index (κ3) is 2.93. The molecule has 3 rings (SSSR count). The number of hydrogen-bond acceptors (Lipinski definition) is 2. The van der Waals surface area contributed by atoms with Crippen LogP contribution in [0.15, 0.2) is 12.1 Å². The van der Waals surface area contributed by atoms with Crippen LogP contribution in [0.5, 0.6) is 5.75 Å². The molecule has 1 aromatic carbocycles. The third-order valence-corrected chi connectivity index (χ3v) is 5.58. The van der Waals surface area contributed by atoms with Gasteiger partial charge in [-0.2, -0.15) is 0 Å². The maximum atomic E-state index is 6.21. The zero-order valence-electron chi connectivity index (χ0n) is 11.2. The Labute approximate surface area is 128 Å². The summed E-state index contributed by atoms with van der Waals surface area (Å²) in [6, 6.07) is 4.10. The fraction of sp³-hybridized carbons (Fsp3) is 0.600. The van der Waals surface area contributed by atoms with Crippen molar-refractivity contribution in [1.82, 2.24) is 4.90 Å². The van der Waals surface area contributed by atoms with E-state index in [4.69, 9.17) is 16.3 Å². The van der Waals surface area contributed by atoms with Crippen LogP contribution in [0.1, 0.15) is 24.5 Å². The van der Waals surface area contributed by atoms with Crippen molar-refractivity contribution in [2.75, 3.05) is 19.7 Å². The number of halogens is 2. The highest BCUT2D eigenvalue weighted by molar-refractivity contribution is 9.09. The van der Waals surface area contributed by atoms with E-state index in [1.165, 1.54) is 17.5 Å². The van der Waals surface area contributed by atoms with Gasteiger partial charge < -0.3 is 4.74 Å². The van der Waals surface area contributed by atoms with Crippen molar-refractivity contribution in [1.29, 1.82) is 0 Å². The van der Waals surface area contributed by atoms with Gasteiger partial charge in [0, 0.05) is 34.9 Å². The van der Waals surface area contributed by atoms with Crippen LogP contribution >= 0.6 is 27.5 Å². The van der Waals surface area contributed by atoms with Gasteiger partial charge in [0.2, 0.25) is 0 Å². The zero-order valence-corrected chi connectivity index (χ0v) is 13.5. The maximum Gasteiger partial charge on any atom is 0.127 e. The Hall–Kier alpha value is -0.250. The van der Waals surface area contributed by atoms with Gasteiger partial charge in [-0.3, -0.25) is 4.90 Å². The lowest BCUT2D eigenvalue weighted by Gasteiger charge is -2.34. The predicted molar refractivity (Wildman–Crippen MR) is 82.4 cm³/mol. The topological polar surface area (TPSA) is 12.5 Å². The molecular formula is C15H19BrClNO. The second kappa shape index (κ2) is 5.63. The highest BCUT2D eigenvalue weighted by Crippen LogP contribution is 2.34. The summed E-state index contributed by atoms with van der Waals surface area (Å²) in [6.45, 7) is 6.31. The van der Waals surface area contributed by atoms with E-state index in [9.17, 15) is 0 Å². The van der Waals surface area contributed by atoms with Crippen LogP contribution in [0.2, 0.25) is 5.02 Å². The molecule has 0 aliphatic carbocycles. The first-order chi connectivity index (χ1) is 9.13. The molecule has 19 heavy (non-hydrogen) atoms. The van der Waals surface area contributed by atoms with Gasteiger partial charge in [0.05, 0.1) is 6.61 Å². The minimum absolute atomic E-state index is 0.592. The predicted octanol–water partition coefficient (Wildman–Crippen LogP) is 3.88. The van der Waals surface area contributed by atoms with Crippen molar-refractivity contribution in [3.8, 4) is 5.75 Å². The summed E-state index contributed by atoms with van der Waals surface area (Å²) in [5.41, 5.74) is 2.51. The summed E-state index contributed by atoms with van der Waals surface area (Å²) in [7, 11) is 0. The van der Waals surface area contributed by atoms with E-state index in [-0.39, 0.29) is 0 Å². The molecule has 0 spiro atoms. The molecule has 2 aliphatic rings. The Morgan fingerprint density at radius 3 is 3.11 bits per heavy atom. The number of rotatable bonds is 2. The van der Waals surface area contributed by atoms with Gasteiger partial charge >= 0.3 is 0 Å². The molecule has 0 aromatic heterocycles. The number of nitrogens with zero attached hydrogens (tertiary/aromatic N) is 1. The molecule has 2 aliphatic heterocycles. The quantitative estimate of drug-likeness (QED) is 0.755. The average Bonchev–Trinajstić information content (AvgIpc) is 2.82. The first-order valence-electron chi connectivity index (χ1n) is 6.94. The molecular weight excluding hydrogens is 326 g/mol. The van der Waals surface area contributed by atoms with Crippen LogP contribution in [0.4, 0.5) is 0 Å². The van der Waals surface area contributed by atoms with Crippen molar-refractivity contribution in [2.45, 2.75) is 31.1 Å². The van der Waals surface area contributed by atoms with Crippen LogP contribution in [0.25, 0.3) is 0 Å². The van der Waals surface area contributed by atoms with Gasteiger partial charge in [-0.1, -0.05) is 34.5 Å². The van der Waals surface area contributed by atoms with E-state index in [1.807, 2.05) is 6.07 Å². The molecule has 4 heteroatoms. The molecule has 1 aromatic rings. The summed E-state index contributed by atoms with van der Waals surface area (Å²) in [6.07, 6.45) is 2.24. The first kappa shape index (κ1) is 13.7. The Balaban J connectivity index is 1.77. The Morgan fingerprint density at radius 2 is 2.32 bits per heavy atom. The van der Waals surface area contributed by atoms with E-state index in [0.717, 1.165) is 49.4 Å². The Kier molecular flexibility index (Phi) is 4.06. The smallest absolute Gasteiger partial charge is 0.127 e. The SMILES string of the molecule is CC1CCN(Cc2cc(Cl)cc3c2OCC3)CC1Br. The number of alkyl halides is 1. The second-order valence-electron chi connectivity index (χ2n) is 5.67. The number of fused-ring (bicyclic) bond motifs is 1. The van der Waals surface area contributed by atoms with Gasteiger partial charge in [0.15, 0.2) is 0 Å². The molecule has 104 valence electrons. The minimum atomic E-state index is 0.592. The summed E-state index contributed by atoms with van der Waals surface area (Å²) < 4.78 is 5.78. The monoisotopic (exact) mass is 343 g/mol. The lowest BCUT2D eigenvalue weighted by Crippen LogP contribution is -2.39. The normalized spacial score (nSPS) is 27.1. The van der Waals surface area contributed by atoms with Crippen LogP contribution in [0.3, 0.4) is 0 Å². The van der Waals surface area contributed by atoms with Crippen LogP contribution in [-0.4, -0.2) is 29.4 Å². The molecule has 1 saturated heterocycles. The fourth-order valence-corrected chi connectivity index (χ4v) is 3.87. The molecule has 2 heterocycles. The average molecular weight is 345 g/mol. The third-order valence-electron chi connectivity index (χ3n) is 4.17. The van der Waals surface area contributed by atoms with Gasteiger partial charge in [-0.05, 0) is 36.6 Å². The minimum Gasteiger partial charge on any atom is -0.493 e. The molecule has 2 unspecified atom stereocenters. The highest BCUT2D eigenvalue weighted by atomic mass is 79.9. The summed E-state index contributed by atoms with van der Waals surface area (Å²) in [5.74, 6) is 1.84. The fourth-order valence-electron chi connectivity index (χ4n) is 2.93. The lowest BCUT2D eigenvalue weighted by molar-refractivity contribution is 0.192.